The van der Waals surface area contributed by atoms with Crippen molar-refractivity contribution in [2.75, 3.05) is 47.6 Å². The minimum atomic E-state index is -3.09. The average Bonchev–Trinajstić information content (AvgIpc) is 2.84. The normalized spacial score (nSPS) is 23.2. The summed E-state index contributed by atoms with van der Waals surface area (Å²) in [7, 11) is -3.09. The topological polar surface area (TPSA) is 124 Å². The van der Waals surface area contributed by atoms with Crippen LogP contribution < -0.4 is 15.1 Å². The number of alkyl halides is 1. The molecule has 39 heavy (non-hydrogen) atoms. The summed E-state index contributed by atoms with van der Waals surface area (Å²) in [5.41, 5.74) is -0.651. The summed E-state index contributed by atoms with van der Waals surface area (Å²) in [6.45, 7) is 9.13. The second-order valence-corrected chi connectivity index (χ2v) is 13.8. The van der Waals surface area contributed by atoms with Gasteiger partial charge in [0.2, 0.25) is 5.95 Å². The maximum atomic E-state index is 14.7. The van der Waals surface area contributed by atoms with Gasteiger partial charge in [-0.1, -0.05) is 13.8 Å². The fourth-order valence-electron chi connectivity index (χ4n) is 5.26. The van der Waals surface area contributed by atoms with Crippen molar-refractivity contribution in [3.8, 4) is 0 Å². The van der Waals surface area contributed by atoms with Crippen LogP contribution in [0.3, 0.4) is 0 Å². The first-order chi connectivity index (χ1) is 18.3. The van der Waals surface area contributed by atoms with E-state index in [-0.39, 0.29) is 18.4 Å². The number of sulfone groups is 1. The van der Waals surface area contributed by atoms with Crippen LogP contribution >= 0.6 is 0 Å². The lowest BCUT2D eigenvalue weighted by Gasteiger charge is -2.43. The van der Waals surface area contributed by atoms with Gasteiger partial charge in [-0.25, -0.2) is 27.8 Å². The van der Waals surface area contributed by atoms with Crippen LogP contribution in [-0.4, -0.2) is 82.9 Å². The maximum Gasteiger partial charge on any atom is 0.227 e. The van der Waals surface area contributed by atoms with E-state index in [2.05, 4.69) is 39.0 Å². The Morgan fingerprint density at radius 1 is 1.10 bits per heavy atom. The maximum absolute atomic E-state index is 14.7. The molecule has 0 bridgehead atoms. The first-order valence-electron chi connectivity index (χ1n) is 13.3. The number of aromatic nitrogens is 4. The van der Waals surface area contributed by atoms with Crippen LogP contribution in [0.5, 0.6) is 0 Å². The van der Waals surface area contributed by atoms with Gasteiger partial charge in [0.1, 0.15) is 27.3 Å². The number of rotatable bonds is 7. The van der Waals surface area contributed by atoms with Gasteiger partial charge in [0.05, 0.1) is 17.9 Å². The molecule has 2 N–H and O–H groups in total. The third kappa shape index (κ3) is 5.49. The second kappa shape index (κ2) is 10.1. The summed E-state index contributed by atoms with van der Waals surface area (Å²) >= 11 is 0. The number of hydrogen-bond acceptors (Lipinski definition) is 10. The number of halogens is 1. The molecule has 0 aliphatic carbocycles. The fraction of sp³-hybridized carbons (Fsp3) is 0.556. The molecule has 2 fully saturated rings. The van der Waals surface area contributed by atoms with Crippen LogP contribution in [0.15, 0.2) is 30.7 Å². The zero-order chi connectivity index (χ0) is 28.1. The molecule has 0 radical (unpaired) electrons. The molecule has 0 spiro atoms. The average molecular weight is 558 g/mol. The molecule has 210 valence electrons. The number of nitrogens with zero attached hydrogens (tertiary/aromatic N) is 6. The van der Waals surface area contributed by atoms with Crippen molar-refractivity contribution >= 4 is 44.0 Å². The zero-order valence-corrected chi connectivity index (χ0v) is 23.8. The van der Waals surface area contributed by atoms with Gasteiger partial charge in [-0.05, 0) is 49.3 Å². The van der Waals surface area contributed by atoms with E-state index in [0.717, 1.165) is 22.2 Å². The summed E-state index contributed by atoms with van der Waals surface area (Å²) < 4.78 is 38.7. The van der Waals surface area contributed by atoms with Gasteiger partial charge in [0, 0.05) is 55.8 Å². The number of piperidine rings is 1. The summed E-state index contributed by atoms with van der Waals surface area (Å²) in [6, 6.07) is 3.71. The highest BCUT2D eigenvalue weighted by molar-refractivity contribution is 7.91. The molecule has 2 saturated heterocycles. The number of nitrogens with one attached hydrogen (secondary N) is 1. The number of fused-ring (bicyclic) bond motifs is 1. The standard InChI is InChI=1S/C27H36FN7O3S/c1-16(2)20-11-31-25(35-13-18(14-35)17(3)39(5,37)38)21-12-30-24(10-19(20)21)32-23-6-8-29-26(33-23)34-9-7-22(36)27(4,28)15-34/h6,8,10-12,16-18,22,36H,7,9,13-15H2,1-5H3,(H,29,30,32,33)/t17-,22+,27-/m0/s1. The highest BCUT2D eigenvalue weighted by Gasteiger charge is 2.40. The minimum absolute atomic E-state index is 0.0136. The van der Waals surface area contributed by atoms with E-state index in [1.807, 2.05) is 12.3 Å². The summed E-state index contributed by atoms with van der Waals surface area (Å²) in [5.74, 6) is 2.62. The van der Waals surface area contributed by atoms with Crippen molar-refractivity contribution in [2.45, 2.75) is 57.1 Å². The van der Waals surface area contributed by atoms with Gasteiger partial charge in [0.15, 0.2) is 5.67 Å². The SMILES string of the molecule is CC(C)c1cnc(N2CC([C@H](C)S(C)(=O)=O)C2)c2cnc(Nc3ccnc(N4CC[C@@H](O)[C@@](C)(F)C4)n3)cc12. The number of hydrogen-bond donors (Lipinski definition) is 2. The molecular weight excluding hydrogens is 521 g/mol. The highest BCUT2D eigenvalue weighted by Crippen LogP contribution is 2.36. The van der Waals surface area contributed by atoms with Gasteiger partial charge in [-0.3, -0.25) is 0 Å². The first-order valence-corrected chi connectivity index (χ1v) is 15.2. The van der Waals surface area contributed by atoms with E-state index in [1.165, 1.54) is 13.2 Å². The Bertz CT molecular complexity index is 1480. The van der Waals surface area contributed by atoms with E-state index >= 15 is 0 Å². The number of aliphatic hydroxyl groups is 1. The number of pyridine rings is 2. The van der Waals surface area contributed by atoms with Crippen LogP contribution in [0.2, 0.25) is 0 Å². The monoisotopic (exact) mass is 557 g/mol. The Morgan fingerprint density at radius 3 is 2.51 bits per heavy atom. The van der Waals surface area contributed by atoms with Crippen molar-refractivity contribution in [1.82, 2.24) is 19.9 Å². The Hall–Kier alpha value is -3.12. The predicted molar refractivity (Wildman–Crippen MR) is 151 cm³/mol. The largest absolute Gasteiger partial charge is 0.390 e. The van der Waals surface area contributed by atoms with Crippen molar-refractivity contribution in [2.24, 2.45) is 5.92 Å². The number of aliphatic hydroxyl groups excluding tert-OH is 1. The molecule has 5 heterocycles. The molecule has 3 aromatic heterocycles. The lowest BCUT2D eigenvalue weighted by molar-refractivity contribution is -0.00860. The summed E-state index contributed by atoms with van der Waals surface area (Å²) in [6.07, 6.45) is 5.89. The first kappa shape index (κ1) is 27.4. The van der Waals surface area contributed by atoms with Gasteiger partial charge in [0.25, 0.3) is 0 Å². The minimum Gasteiger partial charge on any atom is -0.390 e. The molecule has 2 aliphatic heterocycles. The molecule has 0 saturated carbocycles. The van der Waals surface area contributed by atoms with E-state index in [4.69, 9.17) is 4.98 Å². The van der Waals surface area contributed by atoms with Gasteiger partial charge in [-0.15, -0.1) is 0 Å². The van der Waals surface area contributed by atoms with E-state index < -0.39 is 26.9 Å². The van der Waals surface area contributed by atoms with Crippen LogP contribution in [0.25, 0.3) is 10.8 Å². The fourth-order valence-corrected chi connectivity index (χ4v) is 6.13. The Balaban J connectivity index is 1.40. The van der Waals surface area contributed by atoms with Crippen molar-refractivity contribution < 1.29 is 17.9 Å². The molecule has 2 aliphatic rings. The third-order valence-corrected chi connectivity index (χ3v) is 9.74. The third-order valence-electron chi connectivity index (χ3n) is 8.00. The Morgan fingerprint density at radius 2 is 1.85 bits per heavy atom. The van der Waals surface area contributed by atoms with Gasteiger partial charge in [-0.2, -0.15) is 4.98 Å². The zero-order valence-electron chi connectivity index (χ0n) is 23.0. The van der Waals surface area contributed by atoms with E-state index in [0.29, 0.717) is 43.6 Å². The van der Waals surface area contributed by atoms with Crippen molar-refractivity contribution in [3.63, 3.8) is 0 Å². The highest BCUT2D eigenvalue weighted by atomic mass is 32.2. The van der Waals surface area contributed by atoms with Crippen molar-refractivity contribution in [1.29, 1.82) is 0 Å². The van der Waals surface area contributed by atoms with Gasteiger partial charge >= 0.3 is 0 Å². The lowest BCUT2D eigenvalue weighted by Crippen LogP contribution is -2.53. The smallest absolute Gasteiger partial charge is 0.227 e. The Kier molecular flexibility index (Phi) is 7.13. The van der Waals surface area contributed by atoms with Crippen LogP contribution in [0, 0.1) is 5.92 Å². The second-order valence-electron chi connectivity index (χ2n) is 11.4. The summed E-state index contributed by atoms with van der Waals surface area (Å²) in [5, 5.41) is 14.7. The van der Waals surface area contributed by atoms with Crippen LogP contribution in [0.4, 0.5) is 27.8 Å². The Labute approximate surface area is 228 Å². The molecule has 0 unspecified atom stereocenters. The molecule has 5 rings (SSSR count). The quantitative estimate of drug-likeness (QED) is 0.446. The molecule has 0 amide bonds. The van der Waals surface area contributed by atoms with Crippen LogP contribution in [0.1, 0.15) is 45.6 Å². The molecule has 12 heteroatoms. The van der Waals surface area contributed by atoms with Crippen LogP contribution in [-0.2, 0) is 9.84 Å². The summed E-state index contributed by atoms with van der Waals surface area (Å²) in [4.78, 5) is 22.1. The van der Waals surface area contributed by atoms with E-state index in [1.54, 1.807) is 30.3 Å². The van der Waals surface area contributed by atoms with Crippen molar-refractivity contribution in [3.05, 3.63) is 36.3 Å². The molecule has 10 nitrogen and oxygen atoms in total. The van der Waals surface area contributed by atoms with Gasteiger partial charge < -0.3 is 20.2 Å². The number of anilines is 4. The lowest BCUT2D eigenvalue weighted by atomic mass is 9.94. The predicted octanol–water partition coefficient (Wildman–Crippen LogP) is 3.46. The molecule has 0 aromatic carbocycles. The molecule has 3 atom stereocenters. The van der Waals surface area contributed by atoms with E-state index in [9.17, 15) is 17.9 Å². The molecule has 3 aromatic rings. The molecular formula is C27H36FN7O3S.